The van der Waals surface area contributed by atoms with Crippen molar-refractivity contribution in [1.82, 2.24) is 10.3 Å². The van der Waals surface area contributed by atoms with E-state index in [9.17, 15) is 14.0 Å². The predicted molar refractivity (Wildman–Crippen MR) is 81.3 cm³/mol. The molecular formula is C15H15FN2O3S. The Morgan fingerprint density at radius 3 is 2.77 bits per heavy atom. The topological polar surface area (TPSA) is 79.3 Å². The van der Waals surface area contributed by atoms with Gasteiger partial charge in [-0.05, 0) is 18.6 Å². The van der Waals surface area contributed by atoms with Crippen LogP contribution in [-0.2, 0) is 4.79 Å². The normalized spacial score (nSPS) is 11.9. The molecule has 1 aromatic carbocycles. The maximum absolute atomic E-state index is 13.7. The number of benzene rings is 1. The van der Waals surface area contributed by atoms with Gasteiger partial charge in [-0.25, -0.2) is 14.2 Å². The van der Waals surface area contributed by atoms with Crippen LogP contribution in [0, 0.1) is 5.82 Å². The van der Waals surface area contributed by atoms with Crippen molar-refractivity contribution >= 4 is 23.2 Å². The maximum atomic E-state index is 13.7. The van der Waals surface area contributed by atoms with Crippen LogP contribution in [0.15, 0.2) is 29.6 Å². The average Bonchev–Trinajstić information content (AvgIpc) is 2.96. The molecule has 1 atom stereocenters. The number of hydrogen-bond donors (Lipinski definition) is 2. The number of thiazole rings is 1. The van der Waals surface area contributed by atoms with Crippen LogP contribution in [0.2, 0.25) is 0 Å². The molecule has 0 aliphatic heterocycles. The molecule has 0 bridgehead atoms. The smallest absolute Gasteiger partial charge is 0.326 e. The number of nitrogens with one attached hydrogen (secondary N) is 1. The number of carbonyl (C=O) groups is 2. The summed E-state index contributed by atoms with van der Waals surface area (Å²) in [6.07, 6.45) is 0.972. The number of amides is 1. The molecule has 1 heterocycles. The Labute approximate surface area is 130 Å². The standard InChI is InChI=1S/C15H15FN2O3S/c1-2-5-11(15(20)21)17-13(19)12-8-22-14(18-12)9-6-3-4-7-10(9)16/h3-4,6-8,11H,2,5H2,1H3,(H,17,19)(H,20,21). The molecule has 7 heteroatoms. The number of rotatable bonds is 6. The first-order valence-corrected chi connectivity index (χ1v) is 7.65. The number of carboxylic acid groups (broad SMARTS) is 1. The Morgan fingerprint density at radius 2 is 2.14 bits per heavy atom. The lowest BCUT2D eigenvalue weighted by Gasteiger charge is -2.12. The molecule has 1 aromatic heterocycles. The molecule has 1 amide bonds. The lowest BCUT2D eigenvalue weighted by molar-refractivity contribution is -0.139. The molecule has 0 aliphatic carbocycles. The van der Waals surface area contributed by atoms with Gasteiger partial charge in [-0.15, -0.1) is 11.3 Å². The number of hydrogen-bond acceptors (Lipinski definition) is 4. The van der Waals surface area contributed by atoms with Crippen LogP contribution in [0.3, 0.4) is 0 Å². The third-order valence-electron chi connectivity index (χ3n) is 3.02. The summed E-state index contributed by atoms with van der Waals surface area (Å²) in [5.41, 5.74) is 0.403. The van der Waals surface area contributed by atoms with Crippen LogP contribution in [-0.4, -0.2) is 28.0 Å². The van der Waals surface area contributed by atoms with Crippen molar-refractivity contribution in [2.75, 3.05) is 0 Å². The van der Waals surface area contributed by atoms with Crippen molar-refractivity contribution in [3.05, 3.63) is 41.2 Å². The molecule has 116 valence electrons. The highest BCUT2D eigenvalue weighted by Crippen LogP contribution is 2.26. The third-order valence-corrected chi connectivity index (χ3v) is 3.90. The van der Waals surface area contributed by atoms with Gasteiger partial charge in [-0.3, -0.25) is 4.79 Å². The van der Waals surface area contributed by atoms with Crippen molar-refractivity contribution in [3.63, 3.8) is 0 Å². The quantitative estimate of drug-likeness (QED) is 0.857. The third kappa shape index (κ3) is 3.67. The molecule has 1 unspecified atom stereocenters. The molecule has 0 aliphatic rings. The molecule has 0 spiro atoms. The summed E-state index contributed by atoms with van der Waals surface area (Å²) in [5.74, 6) is -2.07. The maximum Gasteiger partial charge on any atom is 0.326 e. The van der Waals surface area contributed by atoms with Gasteiger partial charge in [0.25, 0.3) is 5.91 Å². The van der Waals surface area contributed by atoms with E-state index in [-0.39, 0.29) is 5.69 Å². The monoisotopic (exact) mass is 322 g/mol. The Hall–Kier alpha value is -2.28. The highest BCUT2D eigenvalue weighted by molar-refractivity contribution is 7.13. The SMILES string of the molecule is CCCC(NC(=O)c1csc(-c2ccccc2F)n1)C(=O)O. The van der Waals surface area contributed by atoms with E-state index in [0.29, 0.717) is 23.4 Å². The van der Waals surface area contributed by atoms with Crippen molar-refractivity contribution in [3.8, 4) is 10.6 Å². The van der Waals surface area contributed by atoms with Crippen LogP contribution in [0.25, 0.3) is 10.6 Å². The predicted octanol–water partition coefficient (Wildman–Crippen LogP) is 2.93. The fourth-order valence-electron chi connectivity index (χ4n) is 1.91. The first-order chi connectivity index (χ1) is 10.5. The Balaban J connectivity index is 2.16. The summed E-state index contributed by atoms with van der Waals surface area (Å²) in [6.45, 7) is 1.83. The van der Waals surface area contributed by atoms with Crippen LogP contribution in [0.5, 0.6) is 0 Å². The second kappa shape index (κ2) is 7.13. The number of aromatic nitrogens is 1. The second-order valence-electron chi connectivity index (χ2n) is 4.67. The molecule has 2 N–H and O–H groups in total. The molecule has 2 aromatic rings. The average molecular weight is 322 g/mol. The molecule has 0 fully saturated rings. The zero-order valence-electron chi connectivity index (χ0n) is 11.9. The van der Waals surface area contributed by atoms with Crippen molar-refractivity contribution in [2.45, 2.75) is 25.8 Å². The minimum Gasteiger partial charge on any atom is -0.480 e. The number of halogens is 1. The van der Waals surface area contributed by atoms with Gasteiger partial charge in [0, 0.05) is 10.9 Å². The van der Waals surface area contributed by atoms with Crippen molar-refractivity contribution < 1.29 is 19.1 Å². The highest BCUT2D eigenvalue weighted by Gasteiger charge is 2.21. The number of nitrogens with zero attached hydrogens (tertiary/aromatic N) is 1. The minimum absolute atomic E-state index is 0.0885. The fourth-order valence-corrected chi connectivity index (χ4v) is 2.74. The van der Waals surface area contributed by atoms with E-state index >= 15 is 0 Å². The van der Waals surface area contributed by atoms with E-state index in [1.54, 1.807) is 18.2 Å². The second-order valence-corrected chi connectivity index (χ2v) is 5.53. The zero-order chi connectivity index (χ0) is 16.1. The number of carbonyl (C=O) groups excluding carboxylic acids is 1. The van der Waals surface area contributed by atoms with E-state index in [0.717, 1.165) is 11.3 Å². The van der Waals surface area contributed by atoms with Crippen molar-refractivity contribution in [2.24, 2.45) is 0 Å². The first-order valence-electron chi connectivity index (χ1n) is 6.77. The Morgan fingerprint density at radius 1 is 1.41 bits per heavy atom. The molecule has 0 radical (unpaired) electrons. The van der Waals surface area contributed by atoms with E-state index in [4.69, 9.17) is 5.11 Å². The van der Waals surface area contributed by atoms with E-state index in [1.165, 1.54) is 11.4 Å². The Bertz CT molecular complexity index is 687. The number of carboxylic acids is 1. The van der Waals surface area contributed by atoms with E-state index in [1.807, 2.05) is 6.92 Å². The fraction of sp³-hybridized carbons (Fsp3) is 0.267. The summed E-state index contributed by atoms with van der Waals surface area (Å²) in [5, 5.41) is 13.3. The summed E-state index contributed by atoms with van der Waals surface area (Å²) >= 11 is 1.13. The summed E-state index contributed by atoms with van der Waals surface area (Å²) < 4.78 is 13.7. The summed E-state index contributed by atoms with van der Waals surface area (Å²) in [7, 11) is 0. The highest BCUT2D eigenvalue weighted by atomic mass is 32.1. The van der Waals surface area contributed by atoms with Gasteiger partial charge in [0.1, 0.15) is 22.6 Å². The van der Waals surface area contributed by atoms with Crippen LogP contribution < -0.4 is 5.32 Å². The molecule has 5 nitrogen and oxygen atoms in total. The van der Waals surface area contributed by atoms with Gasteiger partial charge in [-0.2, -0.15) is 0 Å². The molecule has 0 saturated heterocycles. The summed E-state index contributed by atoms with van der Waals surface area (Å²) in [6, 6.07) is 5.20. The molecule has 0 saturated carbocycles. The molecular weight excluding hydrogens is 307 g/mol. The lowest BCUT2D eigenvalue weighted by Crippen LogP contribution is -2.40. The van der Waals surface area contributed by atoms with Crippen LogP contribution in [0.4, 0.5) is 4.39 Å². The molecule has 22 heavy (non-hydrogen) atoms. The summed E-state index contributed by atoms with van der Waals surface area (Å²) in [4.78, 5) is 27.2. The van der Waals surface area contributed by atoms with Crippen LogP contribution in [0.1, 0.15) is 30.3 Å². The van der Waals surface area contributed by atoms with Gasteiger partial charge >= 0.3 is 5.97 Å². The number of aliphatic carboxylic acids is 1. The Kier molecular flexibility index (Phi) is 5.21. The van der Waals surface area contributed by atoms with E-state index in [2.05, 4.69) is 10.3 Å². The van der Waals surface area contributed by atoms with Gasteiger partial charge < -0.3 is 10.4 Å². The van der Waals surface area contributed by atoms with Crippen LogP contribution >= 0.6 is 11.3 Å². The van der Waals surface area contributed by atoms with Gasteiger partial charge in [0.15, 0.2) is 0 Å². The lowest BCUT2D eigenvalue weighted by atomic mass is 10.1. The largest absolute Gasteiger partial charge is 0.480 e. The van der Waals surface area contributed by atoms with Gasteiger partial charge in [0.2, 0.25) is 0 Å². The first kappa shape index (κ1) is 16.1. The minimum atomic E-state index is -1.08. The van der Waals surface area contributed by atoms with E-state index < -0.39 is 23.7 Å². The zero-order valence-corrected chi connectivity index (χ0v) is 12.7. The van der Waals surface area contributed by atoms with Gasteiger partial charge in [-0.1, -0.05) is 25.5 Å². The van der Waals surface area contributed by atoms with Crippen molar-refractivity contribution in [1.29, 1.82) is 0 Å². The van der Waals surface area contributed by atoms with Gasteiger partial charge in [0.05, 0.1) is 0 Å². The molecule has 2 rings (SSSR count).